The molecule has 2 amide bonds. The van der Waals surface area contributed by atoms with E-state index >= 15 is 0 Å². The Morgan fingerprint density at radius 3 is 2.31 bits per heavy atom. The number of methoxy groups -OCH3 is 2. The summed E-state index contributed by atoms with van der Waals surface area (Å²) in [6.07, 6.45) is 1.66. The number of amides is 2. The van der Waals surface area contributed by atoms with Gasteiger partial charge in [-0.1, -0.05) is 25.1 Å². The highest BCUT2D eigenvalue weighted by Gasteiger charge is 2.30. The Bertz CT molecular complexity index is 1140. The molecule has 1 atom stereocenters. The fourth-order valence-corrected chi connectivity index (χ4v) is 4.22. The van der Waals surface area contributed by atoms with E-state index in [2.05, 4.69) is 5.32 Å². The first-order valence-electron chi connectivity index (χ1n) is 11.0. The van der Waals surface area contributed by atoms with Crippen molar-refractivity contribution in [3.05, 3.63) is 53.8 Å². The van der Waals surface area contributed by atoms with Crippen LogP contribution in [0.3, 0.4) is 0 Å². The standard InChI is InChI=1S/C24H32FN3O6S/c1-6-13-26-24(30)17(2)27(15-18-9-7-8-10-20(18)25)23(29)16-28(35(5,31)32)19-11-12-21(33-3)22(14-19)34-4/h7-12,14,17H,6,13,15-16H2,1-5H3,(H,26,30)/t17-/m1/s1. The van der Waals surface area contributed by atoms with Crippen molar-refractivity contribution >= 4 is 27.5 Å². The van der Waals surface area contributed by atoms with Crippen LogP contribution in [0.5, 0.6) is 11.5 Å². The number of hydrogen-bond acceptors (Lipinski definition) is 6. The van der Waals surface area contributed by atoms with Crippen molar-refractivity contribution < 1.29 is 31.9 Å². The molecular weight excluding hydrogens is 477 g/mol. The van der Waals surface area contributed by atoms with Crippen molar-refractivity contribution in [2.24, 2.45) is 0 Å². The summed E-state index contributed by atoms with van der Waals surface area (Å²) in [5, 5.41) is 2.72. The molecule has 0 heterocycles. The predicted molar refractivity (Wildman–Crippen MR) is 131 cm³/mol. The molecule has 0 bridgehead atoms. The van der Waals surface area contributed by atoms with E-state index in [-0.39, 0.29) is 23.5 Å². The van der Waals surface area contributed by atoms with E-state index in [1.54, 1.807) is 6.07 Å². The minimum Gasteiger partial charge on any atom is -0.493 e. The number of ether oxygens (including phenoxy) is 2. The maximum atomic E-state index is 14.4. The van der Waals surface area contributed by atoms with Gasteiger partial charge in [-0.05, 0) is 31.5 Å². The summed E-state index contributed by atoms with van der Waals surface area (Å²) in [4.78, 5) is 27.3. The Morgan fingerprint density at radius 1 is 1.09 bits per heavy atom. The summed E-state index contributed by atoms with van der Waals surface area (Å²) in [6, 6.07) is 9.37. The van der Waals surface area contributed by atoms with E-state index < -0.39 is 40.2 Å². The highest BCUT2D eigenvalue weighted by Crippen LogP contribution is 2.32. The maximum Gasteiger partial charge on any atom is 0.244 e. The summed E-state index contributed by atoms with van der Waals surface area (Å²) in [5.41, 5.74) is 0.375. The highest BCUT2D eigenvalue weighted by molar-refractivity contribution is 7.92. The molecule has 2 aromatic rings. The van der Waals surface area contributed by atoms with Crippen molar-refractivity contribution in [3.8, 4) is 11.5 Å². The zero-order valence-corrected chi connectivity index (χ0v) is 21.4. The molecule has 2 rings (SSSR count). The van der Waals surface area contributed by atoms with E-state index in [9.17, 15) is 22.4 Å². The first-order valence-corrected chi connectivity index (χ1v) is 12.9. The van der Waals surface area contributed by atoms with Crippen LogP contribution in [0, 0.1) is 5.82 Å². The number of sulfonamides is 1. The van der Waals surface area contributed by atoms with Crippen molar-refractivity contribution in [3.63, 3.8) is 0 Å². The summed E-state index contributed by atoms with van der Waals surface area (Å²) < 4.78 is 51.0. The monoisotopic (exact) mass is 509 g/mol. The third-order valence-electron chi connectivity index (χ3n) is 5.35. The third kappa shape index (κ3) is 7.32. The van der Waals surface area contributed by atoms with Crippen LogP contribution in [-0.4, -0.2) is 64.7 Å². The first-order chi connectivity index (χ1) is 16.5. The summed E-state index contributed by atoms with van der Waals surface area (Å²) in [6.45, 7) is 3.00. The molecule has 0 saturated carbocycles. The van der Waals surface area contributed by atoms with Crippen molar-refractivity contribution in [1.29, 1.82) is 0 Å². The lowest BCUT2D eigenvalue weighted by Gasteiger charge is -2.31. The number of anilines is 1. The molecular formula is C24H32FN3O6S. The minimum atomic E-state index is -3.92. The zero-order chi connectivity index (χ0) is 26.2. The minimum absolute atomic E-state index is 0.174. The van der Waals surface area contributed by atoms with Crippen LogP contribution in [0.1, 0.15) is 25.8 Å². The van der Waals surface area contributed by atoms with Gasteiger partial charge in [0.05, 0.1) is 26.2 Å². The van der Waals surface area contributed by atoms with Gasteiger partial charge in [-0.3, -0.25) is 13.9 Å². The van der Waals surface area contributed by atoms with E-state index in [0.29, 0.717) is 18.7 Å². The van der Waals surface area contributed by atoms with Crippen molar-refractivity contribution in [1.82, 2.24) is 10.2 Å². The summed E-state index contributed by atoms with van der Waals surface area (Å²) >= 11 is 0. The number of hydrogen-bond donors (Lipinski definition) is 1. The van der Waals surface area contributed by atoms with E-state index in [0.717, 1.165) is 10.6 Å². The average Bonchev–Trinajstić information content (AvgIpc) is 2.83. The second-order valence-electron chi connectivity index (χ2n) is 7.89. The molecule has 192 valence electrons. The maximum absolute atomic E-state index is 14.4. The second-order valence-corrected chi connectivity index (χ2v) is 9.80. The van der Waals surface area contributed by atoms with Crippen LogP contribution in [-0.2, 0) is 26.2 Å². The topological polar surface area (TPSA) is 105 Å². The Labute approximate surface area is 205 Å². The molecule has 0 radical (unpaired) electrons. The molecule has 0 aliphatic heterocycles. The number of halogens is 1. The van der Waals surface area contributed by atoms with Gasteiger partial charge in [-0.25, -0.2) is 12.8 Å². The normalized spacial score (nSPS) is 11.9. The van der Waals surface area contributed by atoms with Crippen molar-refractivity contribution in [2.45, 2.75) is 32.9 Å². The van der Waals surface area contributed by atoms with Crippen molar-refractivity contribution in [2.75, 3.05) is 37.9 Å². The molecule has 35 heavy (non-hydrogen) atoms. The smallest absolute Gasteiger partial charge is 0.244 e. The summed E-state index contributed by atoms with van der Waals surface area (Å²) in [7, 11) is -1.06. The van der Waals surface area contributed by atoms with Gasteiger partial charge in [-0.15, -0.1) is 0 Å². The highest BCUT2D eigenvalue weighted by atomic mass is 32.2. The number of carbonyl (C=O) groups is 2. The molecule has 0 aliphatic rings. The Hall–Kier alpha value is -3.34. The van der Waals surface area contributed by atoms with Gasteiger partial charge in [0.2, 0.25) is 21.8 Å². The number of nitrogens with one attached hydrogen (secondary N) is 1. The molecule has 0 fully saturated rings. The van der Waals surface area contributed by atoms with Gasteiger partial charge in [0.1, 0.15) is 18.4 Å². The Morgan fingerprint density at radius 2 is 1.74 bits per heavy atom. The van der Waals surface area contributed by atoms with Crippen LogP contribution < -0.4 is 19.1 Å². The van der Waals surface area contributed by atoms with Gasteiger partial charge in [-0.2, -0.15) is 0 Å². The number of nitrogens with zero attached hydrogens (tertiary/aromatic N) is 2. The molecule has 0 aliphatic carbocycles. The van der Waals surface area contributed by atoms with Crippen LogP contribution in [0.25, 0.3) is 0 Å². The molecule has 2 aromatic carbocycles. The van der Waals surface area contributed by atoms with Gasteiger partial charge < -0.3 is 19.7 Å². The molecule has 11 heteroatoms. The van der Waals surface area contributed by atoms with E-state index in [1.165, 1.54) is 62.4 Å². The number of rotatable bonds is 12. The average molecular weight is 510 g/mol. The largest absolute Gasteiger partial charge is 0.493 e. The number of carbonyl (C=O) groups excluding carboxylic acids is 2. The molecule has 0 aromatic heterocycles. The Balaban J connectivity index is 2.43. The molecule has 9 nitrogen and oxygen atoms in total. The molecule has 0 saturated heterocycles. The van der Waals surface area contributed by atoms with Gasteiger partial charge >= 0.3 is 0 Å². The molecule has 0 unspecified atom stereocenters. The fraction of sp³-hybridized carbons (Fsp3) is 0.417. The Kier molecular flexibility index (Phi) is 9.88. The summed E-state index contributed by atoms with van der Waals surface area (Å²) in [5.74, 6) is -0.965. The first kappa shape index (κ1) is 27.9. The van der Waals surface area contributed by atoms with Crippen LogP contribution in [0.15, 0.2) is 42.5 Å². The lowest BCUT2D eigenvalue weighted by Crippen LogP contribution is -2.51. The quantitative estimate of drug-likeness (QED) is 0.472. The van der Waals surface area contributed by atoms with Crippen LogP contribution in [0.4, 0.5) is 10.1 Å². The zero-order valence-electron chi connectivity index (χ0n) is 20.6. The lowest BCUT2D eigenvalue weighted by atomic mass is 10.1. The van der Waals surface area contributed by atoms with Crippen LogP contribution >= 0.6 is 0 Å². The second kappa shape index (κ2) is 12.4. The molecule has 1 N–H and O–H groups in total. The van der Waals surface area contributed by atoms with Gasteiger partial charge in [0.15, 0.2) is 11.5 Å². The third-order valence-corrected chi connectivity index (χ3v) is 6.49. The molecule has 0 spiro atoms. The van der Waals surface area contributed by atoms with Crippen LogP contribution in [0.2, 0.25) is 0 Å². The van der Waals surface area contributed by atoms with Gasteiger partial charge in [0, 0.05) is 24.7 Å². The SMILES string of the molecule is CCCNC(=O)[C@@H](C)N(Cc1ccccc1F)C(=O)CN(c1ccc(OC)c(OC)c1)S(C)(=O)=O. The lowest BCUT2D eigenvalue weighted by molar-refractivity contribution is -0.139. The van der Waals surface area contributed by atoms with Gasteiger partial charge in [0.25, 0.3) is 0 Å². The number of benzene rings is 2. The fourth-order valence-electron chi connectivity index (χ4n) is 3.38. The predicted octanol–water partition coefficient (Wildman–Crippen LogP) is 2.55. The van der Waals surface area contributed by atoms with E-state index in [4.69, 9.17) is 9.47 Å². The van der Waals surface area contributed by atoms with E-state index in [1.807, 2.05) is 6.92 Å².